The van der Waals surface area contributed by atoms with E-state index in [1.165, 1.54) is 7.11 Å². The van der Waals surface area contributed by atoms with Crippen molar-refractivity contribution in [3.8, 4) is 5.88 Å². The molecule has 2 N–H and O–H groups in total. The molecule has 0 aliphatic rings. The molecular weight excluding hydrogens is 164 g/mol. The molecule has 0 amide bonds. The number of aromatic nitrogens is 1. The van der Waals surface area contributed by atoms with Crippen LogP contribution in [0.5, 0.6) is 5.88 Å². The highest BCUT2D eigenvalue weighted by Crippen LogP contribution is 2.21. The van der Waals surface area contributed by atoms with Gasteiger partial charge in [0.05, 0.1) is 7.11 Å². The Labute approximate surface area is 70.1 Å². The molecule has 0 spiro atoms. The summed E-state index contributed by atoms with van der Waals surface area (Å²) in [5, 5.41) is 0.496. The second kappa shape index (κ2) is 3.55. The summed E-state index contributed by atoms with van der Waals surface area (Å²) < 4.78 is 4.86. The molecule has 1 aromatic heterocycles. The molecule has 1 heterocycles. The van der Waals surface area contributed by atoms with E-state index in [1.807, 2.05) is 0 Å². The lowest BCUT2D eigenvalue weighted by molar-refractivity contribution is 0.398. The van der Waals surface area contributed by atoms with E-state index in [-0.39, 0.29) is 0 Å². The zero-order valence-corrected chi connectivity index (χ0v) is 6.93. The van der Waals surface area contributed by atoms with Gasteiger partial charge in [0, 0.05) is 12.7 Å². The SMILES string of the molecule is COc1ncc(CN)cc1Cl. The Morgan fingerprint density at radius 1 is 1.73 bits per heavy atom. The number of hydrogen-bond donors (Lipinski definition) is 1. The Balaban J connectivity index is 2.99. The number of methoxy groups -OCH3 is 1. The van der Waals surface area contributed by atoms with E-state index in [0.29, 0.717) is 17.4 Å². The Bertz CT molecular complexity index is 252. The van der Waals surface area contributed by atoms with E-state index in [1.54, 1.807) is 12.3 Å². The minimum atomic E-state index is 0.434. The summed E-state index contributed by atoms with van der Waals surface area (Å²) in [7, 11) is 1.52. The van der Waals surface area contributed by atoms with Gasteiger partial charge in [-0.2, -0.15) is 0 Å². The molecule has 0 atom stereocenters. The molecule has 0 saturated carbocycles. The number of pyridine rings is 1. The van der Waals surface area contributed by atoms with E-state index in [9.17, 15) is 0 Å². The minimum absolute atomic E-state index is 0.434. The lowest BCUT2D eigenvalue weighted by atomic mass is 10.3. The van der Waals surface area contributed by atoms with Gasteiger partial charge in [0.1, 0.15) is 5.02 Å². The quantitative estimate of drug-likeness (QED) is 0.730. The summed E-state index contributed by atoms with van der Waals surface area (Å²) in [6.45, 7) is 0.441. The fourth-order valence-corrected chi connectivity index (χ4v) is 0.993. The lowest BCUT2D eigenvalue weighted by Crippen LogP contribution is -1.98. The Morgan fingerprint density at radius 2 is 2.45 bits per heavy atom. The van der Waals surface area contributed by atoms with Gasteiger partial charge in [-0.25, -0.2) is 4.98 Å². The third-order valence-electron chi connectivity index (χ3n) is 1.29. The maximum absolute atomic E-state index is 5.77. The van der Waals surface area contributed by atoms with Crippen molar-refractivity contribution in [1.82, 2.24) is 4.98 Å². The van der Waals surface area contributed by atoms with E-state index < -0.39 is 0 Å². The maximum atomic E-state index is 5.77. The van der Waals surface area contributed by atoms with E-state index >= 15 is 0 Å². The molecular formula is C7H9ClN2O. The molecule has 0 saturated heterocycles. The van der Waals surface area contributed by atoms with Crippen molar-refractivity contribution in [3.05, 3.63) is 22.8 Å². The highest BCUT2D eigenvalue weighted by molar-refractivity contribution is 6.31. The second-order valence-corrected chi connectivity index (χ2v) is 2.45. The number of nitrogens with two attached hydrogens (primary N) is 1. The van der Waals surface area contributed by atoms with Crippen molar-refractivity contribution in [3.63, 3.8) is 0 Å². The summed E-state index contributed by atoms with van der Waals surface area (Å²) in [6, 6.07) is 1.74. The average Bonchev–Trinajstić information content (AvgIpc) is 2.04. The predicted molar refractivity (Wildman–Crippen MR) is 43.7 cm³/mol. The lowest BCUT2D eigenvalue weighted by Gasteiger charge is -2.01. The van der Waals surface area contributed by atoms with Crippen LogP contribution in [0.3, 0.4) is 0 Å². The molecule has 0 unspecified atom stereocenters. The second-order valence-electron chi connectivity index (χ2n) is 2.04. The van der Waals surface area contributed by atoms with Crippen LogP contribution in [0.4, 0.5) is 0 Å². The van der Waals surface area contributed by atoms with Crippen LogP contribution in [0, 0.1) is 0 Å². The first kappa shape index (κ1) is 8.30. The summed E-state index contributed by atoms with van der Waals surface area (Å²) in [5.41, 5.74) is 6.27. The number of rotatable bonds is 2. The zero-order chi connectivity index (χ0) is 8.27. The van der Waals surface area contributed by atoms with Gasteiger partial charge in [0.15, 0.2) is 0 Å². The summed E-state index contributed by atoms with van der Waals surface area (Å²) in [6.07, 6.45) is 1.64. The molecule has 0 aromatic carbocycles. The Morgan fingerprint density at radius 3 is 2.91 bits per heavy atom. The number of halogens is 1. The predicted octanol–water partition coefficient (Wildman–Crippen LogP) is 1.20. The fourth-order valence-electron chi connectivity index (χ4n) is 0.727. The number of nitrogens with zero attached hydrogens (tertiary/aromatic N) is 1. The van der Waals surface area contributed by atoms with Crippen molar-refractivity contribution < 1.29 is 4.74 Å². The van der Waals surface area contributed by atoms with Gasteiger partial charge in [0.2, 0.25) is 5.88 Å². The molecule has 0 aliphatic heterocycles. The number of ether oxygens (including phenoxy) is 1. The van der Waals surface area contributed by atoms with Gasteiger partial charge in [-0.3, -0.25) is 0 Å². The topological polar surface area (TPSA) is 48.1 Å². The Hall–Kier alpha value is -0.800. The molecule has 1 aromatic rings. The van der Waals surface area contributed by atoms with Crippen molar-refractivity contribution in [1.29, 1.82) is 0 Å². The molecule has 4 heteroatoms. The molecule has 3 nitrogen and oxygen atoms in total. The summed E-state index contributed by atoms with van der Waals surface area (Å²) in [4.78, 5) is 3.93. The molecule has 60 valence electrons. The van der Waals surface area contributed by atoms with Gasteiger partial charge in [-0.15, -0.1) is 0 Å². The van der Waals surface area contributed by atoms with Crippen LogP contribution in [0.25, 0.3) is 0 Å². The molecule has 11 heavy (non-hydrogen) atoms. The van der Waals surface area contributed by atoms with Crippen molar-refractivity contribution in [2.45, 2.75) is 6.54 Å². The van der Waals surface area contributed by atoms with Crippen LogP contribution < -0.4 is 10.5 Å². The van der Waals surface area contributed by atoms with Crippen LogP contribution in [0.2, 0.25) is 5.02 Å². The van der Waals surface area contributed by atoms with Crippen molar-refractivity contribution >= 4 is 11.6 Å². The first-order valence-corrected chi connectivity index (χ1v) is 3.54. The van der Waals surface area contributed by atoms with Crippen LogP contribution in [0.15, 0.2) is 12.3 Å². The normalized spacial score (nSPS) is 9.73. The van der Waals surface area contributed by atoms with Crippen LogP contribution in [-0.4, -0.2) is 12.1 Å². The molecule has 0 fully saturated rings. The summed E-state index contributed by atoms with van der Waals surface area (Å²) in [5.74, 6) is 0.434. The highest BCUT2D eigenvalue weighted by Gasteiger charge is 2.01. The number of hydrogen-bond acceptors (Lipinski definition) is 3. The fraction of sp³-hybridized carbons (Fsp3) is 0.286. The van der Waals surface area contributed by atoms with Crippen LogP contribution in [-0.2, 0) is 6.54 Å². The van der Waals surface area contributed by atoms with Gasteiger partial charge in [0.25, 0.3) is 0 Å². The minimum Gasteiger partial charge on any atom is -0.480 e. The monoisotopic (exact) mass is 172 g/mol. The highest BCUT2D eigenvalue weighted by atomic mass is 35.5. The van der Waals surface area contributed by atoms with E-state index in [2.05, 4.69) is 4.98 Å². The van der Waals surface area contributed by atoms with Gasteiger partial charge in [-0.1, -0.05) is 11.6 Å². The first-order valence-electron chi connectivity index (χ1n) is 3.16. The van der Waals surface area contributed by atoms with Crippen LogP contribution >= 0.6 is 11.6 Å². The molecule has 0 bridgehead atoms. The van der Waals surface area contributed by atoms with Crippen molar-refractivity contribution in [2.75, 3.05) is 7.11 Å². The molecule has 0 radical (unpaired) electrons. The zero-order valence-electron chi connectivity index (χ0n) is 6.17. The largest absolute Gasteiger partial charge is 0.480 e. The molecule has 0 aliphatic carbocycles. The van der Waals surface area contributed by atoms with Gasteiger partial charge < -0.3 is 10.5 Å². The van der Waals surface area contributed by atoms with E-state index in [0.717, 1.165) is 5.56 Å². The van der Waals surface area contributed by atoms with Gasteiger partial charge >= 0.3 is 0 Å². The van der Waals surface area contributed by atoms with Crippen LogP contribution in [0.1, 0.15) is 5.56 Å². The molecule has 1 rings (SSSR count). The first-order chi connectivity index (χ1) is 5.27. The van der Waals surface area contributed by atoms with Crippen molar-refractivity contribution in [2.24, 2.45) is 5.73 Å². The van der Waals surface area contributed by atoms with E-state index in [4.69, 9.17) is 22.1 Å². The third-order valence-corrected chi connectivity index (χ3v) is 1.56. The standard InChI is InChI=1S/C7H9ClN2O/c1-11-7-6(8)2-5(3-9)4-10-7/h2,4H,3,9H2,1H3. The third kappa shape index (κ3) is 1.82. The Kier molecular flexibility index (Phi) is 2.68. The summed E-state index contributed by atoms with van der Waals surface area (Å²) >= 11 is 5.77. The average molecular weight is 173 g/mol. The maximum Gasteiger partial charge on any atom is 0.232 e. The van der Waals surface area contributed by atoms with Gasteiger partial charge in [-0.05, 0) is 11.6 Å². The smallest absolute Gasteiger partial charge is 0.232 e.